The predicted octanol–water partition coefficient (Wildman–Crippen LogP) is 3.62. The number of carbonyl (C=O) groups is 2. The van der Waals surface area contributed by atoms with Gasteiger partial charge in [-0.05, 0) is 24.3 Å². The van der Waals surface area contributed by atoms with E-state index in [0.717, 1.165) is 0 Å². The summed E-state index contributed by atoms with van der Waals surface area (Å²) in [6.07, 6.45) is 0.711. The molecular formula is C18H16ClFN2O2. The Morgan fingerprint density at radius 3 is 2.58 bits per heavy atom. The number of halogens is 2. The highest BCUT2D eigenvalue weighted by Gasteiger charge is 2.31. The average Bonchev–Trinajstić information content (AvgIpc) is 2.68. The Balaban J connectivity index is 2.10. The third-order valence-electron chi connectivity index (χ3n) is 4.15. The zero-order chi connectivity index (χ0) is 17.3. The van der Waals surface area contributed by atoms with E-state index in [9.17, 15) is 14.0 Å². The van der Waals surface area contributed by atoms with E-state index in [0.29, 0.717) is 17.8 Å². The molecule has 0 N–H and O–H groups in total. The van der Waals surface area contributed by atoms with Crippen LogP contribution in [0.25, 0.3) is 0 Å². The number of para-hydroxylation sites is 2. The first-order valence-corrected chi connectivity index (χ1v) is 7.96. The topological polar surface area (TPSA) is 40.6 Å². The van der Waals surface area contributed by atoms with Gasteiger partial charge in [-0.3, -0.25) is 9.59 Å². The van der Waals surface area contributed by atoms with Gasteiger partial charge in [0.05, 0.1) is 23.8 Å². The highest BCUT2D eigenvalue weighted by Crippen LogP contribution is 2.35. The number of nitrogens with zero attached hydrogens (tertiary/aromatic N) is 2. The van der Waals surface area contributed by atoms with Crippen molar-refractivity contribution < 1.29 is 14.0 Å². The van der Waals surface area contributed by atoms with Crippen LogP contribution in [0.2, 0.25) is 5.02 Å². The van der Waals surface area contributed by atoms with E-state index >= 15 is 0 Å². The van der Waals surface area contributed by atoms with Crippen LogP contribution in [0.3, 0.4) is 0 Å². The number of hydrogen-bond donors (Lipinski definition) is 0. The minimum absolute atomic E-state index is 0.0123. The van der Waals surface area contributed by atoms with Crippen LogP contribution < -0.4 is 9.80 Å². The zero-order valence-corrected chi connectivity index (χ0v) is 13.8. The van der Waals surface area contributed by atoms with Crippen LogP contribution in [-0.4, -0.2) is 18.9 Å². The van der Waals surface area contributed by atoms with E-state index in [-0.39, 0.29) is 29.6 Å². The summed E-state index contributed by atoms with van der Waals surface area (Å²) in [7, 11) is 0. The molecule has 0 fully saturated rings. The molecule has 0 spiro atoms. The highest BCUT2D eigenvalue weighted by molar-refractivity contribution is 6.31. The fraction of sp³-hybridized carbons (Fsp3) is 0.222. The maximum absolute atomic E-state index is 14.2. The number of rotatable bonds is 3. The second kappa shape index (κ2) is 6.61. The summed E-state index contributed by atoms with van der Waals surface area (Å²) in [5.74, 6) is -1.05. The lowest BCUT2D eigenvalue weighted by atomic mass is 10.1. The van der Waals surface area contributed by atoms with Crippen molar-refractivity contribution in [1.29, 1.82) is 0 Å². The SMILES string of the molecule is C[C@@H]1CN(C=O)c2ccccc2N(Cc2c(F)cccc2Cl)C1=O. The van der Waals surface area contributed by atoms with E-state index in [4.69, 9.17) is 11.6 Å². The van der Waals surface area contributed by atoms with Gasteiger partial charge in [0.2, 0.25) is 12.3 Å². The molecule has 6 heteroatoms. The lowest BCUT2D eigenvalue weighted by Gasteiger charge is -2.25. The van der Waals surface area contributed by atoms with Crippen LogP contribution in [0.1, 0.15) is 12.5 Å². The number of carbonyl (C=O) groups excluding carboxylic acids is 2. The number of anilines is 2. The van der Waals surface area contributed by atoms with Crippen molar-refractivity contribution in [3.05, 3.63) is 58.9 Å². The normalized spacial score (nSPS) is 17.5. The van der Waals surface area contributed by atoms with Gasteiger partial charge in [-0.2, -0.15) is 0 Å². The minimum Gasteiger partial charge on any atom is -0.312 e. The zero-order valence-electron chi connectivity index (χ0n) is 13.1. The lowest BCUT2D eigenvalue weighted by molar-refractivity contribution is -0.121. The molecule has 0 radical (unpaired) electrons. The van der Waals surface area contributed by atoms with Gasteiger partial charge in [-0.25, -0.2) is 4.39 Å². The molecule has 0 aliphatic carbocycles. The van der Waals surface area contributed by atoms with Crippen LogP contribution >= 0.6 is 11.6 Å². The molecule has 1 aliphatic heterocycles. The van der Waals surface area contributed by atoms with E-state index in [1.54, 1.807) is 37.3 Å². The molecule has 3 rings (SSSR count). The first-order chi connectivity index (χ1) is 11.5. The third-order valence-corrected chi connectivity index (χ3v) is 4.50. The quantitative estimate of drug-likeness (QED) is 0.796. The van der Waals surface area contributed by atoms with Crippen LogP contribution in [-0.2, 0) is 16.1 Å². The van der Waals surface area contributed by atoms with Crippen molar-refractivity contribution >= 4 is 35.3 Å². The Morgan fingerprint density at radius 2 is 1.92 bits per heavy atom. The van der Waals surface area contributed by atoms with Crippen LogP contribution in [0.4, 0.5) is 15.8 Å². The van der Waals surface area contributed by atoms with E-state index < -0.39 is 11.7 Å². The molecular weight excluding hydrogens is 331 g/mol. The molecule has 0 bridgehead atoms. The van der Waals surface area contributed by atoms with Crippen LogP contribution in [0.5, 0.6) is 0 Å². The molecule has 2 aromatic carbocycles. The van der Waals surface area contributed by atoms with Crippen molar-refractivity contribution in [2.45, 2.75) is 13.5 Å². The fourth-order valence-electron chi connectivity index (χ4n) is 2.90. The van der Waals surface area contributed by atoms with Gasteiger partial charge in [0, 0.05) is 17.1 Å². The maximum atomic E-state index is 14.2. The van der Waals surface area contributed by atoms with Gasteiger partial charge >= 0.3 is 0 Å². The monoisotopic (exact) mass is 346 g/mol. The van der Waals surface area contributed by atoms with Crippen LogP contribution in [0.15, 0.2) is 42.5 Å². The smallest absolute Gasteiger partial charge is 0.232 e. The van der Waals surface area contributed by atoms with Gasteiger partial charge in [0.15, 0.2) is 0 Å². The second-order valence-corrected chi connectivity index (χ2v) is 6.18. The first kappa shape index (κ1) is 16.5. The Labute approximate surface area is 144 Å². The molecule has 24 heavy (non-hydrogen) atoms. The summed E-state index contributed by atoms with van der Waals surface area (Å²) in [6, 6.07) is 11.5. The van der Waals surface area contributed by atoms with Gasteiger partial charge in [0.25, 0.3) is 0 Å². The summed E-state index contributed by atoms with van der Waals surface area (Å²) < 4.78 is 14.2. The Morgan fingerprint density at radius 1 is 1.21 bits per heavy atom. The van der Waals surface area contributed by atoms with Gasteiger partial charge in [0.1, 0.15) is 5.82 Å². The molecule has 0 unspecified atom stereocenters. The molecule has 2 aromatic rings. The third kappa shape index (κ3) is 2.87. The van der Waals surface area contributed by atoms with E-state index in [1.165, 1.54) is 21.9 Å². The average molecular weight is 347 g/mol. The first-order valence-electron chi connectivity index (χ1n) is 7.58. The number of amides is 2. The number of benzene rings is 2. The van der Waals surface area contributed by atoms with Gasteiger partial charge in [-0.15, -0.1) is 0 Å². The van der Waals surface area contributed by atoms with E-state index in [2.05, 4.69) is 0 Å². The molecule has 124 valence electrons. The Hall–Kier alpha value is -2.40. The highest BCUT2D eigenvalue weighted by atomic mass is 35.5. The molecule has 0 aromatic heterocycles. The summed E-state index contributed by atoms with van der Waals surface area (Å²) in [5.41, 5.74) is 1.45. The van der Waals surface area contributed by atoms with Gasteiger partial charge in [-0.1, -0.05) is 36.7 Å². The van der Waals surface area contributed by atoms with Crippen LogP contribution in [0, 0.1) is 11.7 Å². The molecule has 0 saturated carbocycles. The molecule has 2 amide bonds. The predicted molar refractivity (Wildman–Crippen MR) is 91.6 cm³/mol. The largest absolute Gasteiger partial charge is 0.312 e. The summed E-state index contributed by atoms with van der Waals surface area (Å²) in [4.78, 5) is 27.2. The van der Waals surface area contributed by atoms with Crippen molar-refractivity contribution in [2.24, 2.45) is 5.92 Å². The Bertz CT molecular complexity index is 776. The van der Waals surface area contributed by atoms with Crippen molar-refractivity contribution in [2.75, 3.05) is 16.3 Å². The van der Waals surface area contributed by atoms with Crippen molar-refractivity contribution in [3.8, 4) is 0 Å². The summed E-state index contributed by atoms with van der Waals surface area (Å²) >= 11 is 6.11. The molecule has 4 nitrogen and oxygen atoms in total. The number of hydrogen-bond acceptors (Lipinski definition) is 2. The summed E-state index contributed by atoms with van der Waals surface area (Å²) in [6.45, 7) is 2.04. The van der Waals surface area contributed by atoms with Gasteiger partial charge < -0.3 is 9.80 Å². The van der Waals surface area contributed by atoms with E-state index in [1.807, 2.05) is 0 Å². The fourth-order valence-corrected chi connectivity index (χ4v) is 3.12. The summed E-state index contributed by atoms with van der Waals surface area (Å²) in [5, 5.41) is 0.268. The lowest BCUT2D eigenvalue weighted by Crippen LogP contribution is -2.36. The molecule has 1 heterocycles. The molecule has 0 saturated heterocycles. The second-order valence-electron chi connectivity index (χ2n) is 5.77. The molecule has 1 aliphatic rings. The standard InChI is InChI=1S/C18H16ClFN2O2/c1-12-9-21(11-23)16-7-2-3-8-17(16)22(18(12)24)10-13-14(19)5-4-6-15(13)20/h2-8,11-12H,9-10H2,1H3/t12-/m1/s1. The van der Waals surface area contributed by atoms with Crippen molar-refractivity contribution in [1.82, 2.24) is 0 Å². The minimum atomic E-state index is -0.461. The Kier molecular flexibility index (Phi) is 4.53. The maximum Gasteiger partial charge on any atom is 0.232 e. The number of fused-ring (bicyclic) bond motifs is 1. The molecule has 1 atom stereocenters. The van der Waals surface area contributed by atoms with Crippen molar-refractivity contribution in [3.63, 3.8) is 0 Å².